The van der Waals surface area contributed by atoms with E-state index in [1.54, 1.807) is 0 Å². The Balaban J connectivity index is 1.55. The second-order valence-corrected chi connectivity index (χ2v) is 11.4. The first-order valence-corrected chi connectivity index (χ1v) is 13.8. The van der Waals surface area contributed by atoms with Gasteiger partial charge in [-0.1, -0.05) is 61.4 Å². The molecular formula is C29H31N3O2S2. The van der Waals surface area contributed by atoms with Gasteiger partial charge in [-0.3, -0.25) is 9.69 Å². The molecule has 1 amide bonds. The van der Waals surface area contributed by atoms with Crippen molar-refractivity contribution < 1.29 is 9.53 Å². The Hall–Kier alpha value is -2.90. The summed E-state index contributed by atoms with van der Waals surface area (Å²) in [6, 6.07) is 16.3. The summed E-state index contributed by atoms with van der Waals surface area (Å²) >= 11 is 7.07. The summed E-state index contributed by atoms with van der Waals surface area (Å²) in [6.45, 7) is 6.11. The summed E-state index contributed by atoms with van der Waals surface area (Å²) in [5.74, 6) is 0.858. The fourth-order valence-electron chi connectivity index (χ4n) is 4.94. The van der Waals surface area contributed by atoms with Crippen molar-refractivity contribution in [3.63, 3.8) is 0 Å². The summed E-state index contributed by atoms with van der Waals surface area (Å²) in [4.78, 5) is 16.0. The number of thiocarbonyl (C=S) groups is 1. The van der Waals surface area contributed by atoms with Gasteiger partial charge in [-0.05, 0) is 75.6 Å². The van der Waals surface area contributed by atoms with Crippen LogP contribution in [-0.4, -0.2) is 37.1 Å². The van der Waals surface area contributed by atoms with Crippen LogP contribution in [0.5, 0.6) is 5.75 Å². The molecule has 1 aromatic heterocycles. The van der Waals surface area contributed by atoms with Crippen LogP contribution in [0.15, 0.2) is 59.6 Å². The van der Waals surface area contributed by atoms with Gasteiger partial charge in [0, 0.05) is 23.4 Å². The molecule has 186 valence electrons. The fraction of sp³-hybridized carbons (Fsp3) is 0.345. The number of hydrogen-bond acceptors (Lipinski definition) is 5. The Morgan fingerprint density at radius 2 is 1.86 bits per heavy atom. The molecule has 0 spiro atoms. The van der Waals surface area contributed by atoms with E-state index in [-0.39, 0.29) is 18.1 Å². The van der Waals surface area contributed by atoms with E-state index in [0.29, 0.717) is 9.23 Å². The van der Waals surface area contributed by atoms with Crippen molar-refractivity contribution in [1.82, 2.24) is 14.7 Å². The molecule has 0 N–H and O–H groups in total. The number of benzene rings is 2. The average molecular weight is 518 g/mol. The van der Waals surface area contributed by atoms with Crippen molar-refractivity contribution in [3.05, 3.63) is 70.8 Å². The molecule has 5 nitrogen and oxygen atoms in total. The first-order valence-electron chi connectivity index (χ1n) is 12.6. The number of hydrogen-bond donors (Lipinski definition) is 0. The SMILES string of the molecule is Cc1cc(OC(C)C)ccc1-c1nn(-c2ccccc2)cc1/C=C1\SC(=S)N(C2CCCCC2)C1=O. The van der Waals surface area contributed by atoms with E-state index in [2.05, 4.69) is 13.0 Å². The van der Waals surface area contributed by atoms with E-state index in [1.807, 2.05) is 78.2 Å². The molecule has 2 fully saturated rings. The zero-order valence-electron chi connectivity index (χ0n) is 20.9. The monoisotopic (exact) mass is 517 g/mol. The van der Waals surface area contributed by atoms with E-state index < -0.39 is 0 Å². The molecule has 1 saturated carbocycles. The molecule has 0 atom stereocenters. The summed E-state index contributed by atoms with van der Waals surface area (Å²) < 4.78 is 8.43. The summed E-state index contributed by atoms with van der Waals surface area (Å²) in [5, 5.41) is 4.96. The number of carbonyl (C=O) groups is 1. The Kier molecular flexibility index (Phi) is 7.30. The van der Waals surface area contributed by atoms with Crippen LogP contribution in [0.1, 0.15) is 57.1 Å². The quantitative estimate of drug-likeness (QED) is 0.256. The number of rotatable bonds is 6. The molecule has 1 aliphatic heterocycles. The van der Waals surface area contributed by atoms with Crippen molar-refractivity contribution in [2.75, 3.05) is 0 Å². The lowest BCUT2D eigenvalue weighted by Crippen LogP contribution is -2.39. The van der Waals surface area contributed by atoms with Gasteiger partial charge in [-0.25, -0.2) is 4.68 Å². The van der Waals surface area contributed by atoms with Gasteiger partial charge in [0.05, 0.1) is 16.7 Å². The summed E-state index contributed by atoms with van der Waals surface area (Å²) in [7, 11) is 0. The topological polar surface area (TPSA) is 47.4 Å². The van der Waals surface area contributed by atoms with Gasteiger partial charge in [0.2, 0.25) is 0 Å². The lowest BCUT2D eigenvalue weighted by atomic mass is 9.94. The normalized spacial score (nSPS) is 18.0. The van der Waals surface area contributed by atoms with Crippen LogP contribution in [0.3, 0.4) is 0 Å². The lowest BCUT2D eigenvalue weighted by Gasteiger charge is -2.29. The first kappa shape index (κ1) is 24.8. The van der Waals surface area contributed by atoms with Crippen molar-refractivity contribution in [1.29, 1.82) is 0 Å². The van der Waals surface area contributed by atoms with E-state index in [1.165, 1.54) is 18.2 Å². The lowest BCUT2D eigenvalue weighted by molar-refractivity contribution is -0.124. The zero-order chi connectivity index (χ0) is 25.2. The van der Waals surface area contributed by atoms with Crippen LogP contribution in [0.4, 0.5) is 0 Å². The van der Waals surface area contributed by atoms with Crippen molar-refractivity contribution in [2.24, 2.45) is 0 Å². The minimum Gasteiger partial charge on any atom is -0.491 e. The van der Waals surface area contributed by atoms with Gasteiger partial charge in [-0.2, -0.15) is 5.10 Å². The molecule has 7 heteroatoms. The van der Waals surface area contributed by atoms with Crippen LogP contribution in [0.2, 0.25) is 0 Å². The third-order valence-corrected chi connectivity index (χ3v) is 7.97. The molecule has 0 unspecified atom stereocenters. The Morgan fingerprint density at radius 1 is 1.11 bits per heavy atom. The number of para-hydroxylation sites is 1. The van der Waals surface area contributed by atoms with E-state index in [0.717, 1.165) is 59.5 Å². The molecule has 36 heavy (non-hydrogen) atoms. The molecule has 3 aromatic rings. The molecular weight excluding hydrogens is 486 g/mol. The second-order valence-electron chi connectivity index (χ2n) is 9.70. The van der Waals surface area contributed by atoms with Crippen LogP contribution < -0.4 is 4.74 Å². The predicted octanol–water partition coefficient (Wildman–Crippen LogP) is 7.17. The number of aryl methyl sites for hydroxylation is 1. The van der Waals surface area contributed by atoms with Gasteiger partial charge in [0.25, 0.3) is 5.91 Å². The first-order chi connectivity index (χ1) is 17.4. The van der Waals surface area contributed by atoms with Crippen molar-refractivity contribution in [2.45, 2.75) is 65.0 Å². The smallest absolute Gasteiger partial charge is 0.266 e. The molecule has 2 heterocycles. The van der Waals surface area contributed by atoms with E-state index in [4.69, 9.17) is 22.1 Å². The molecule has 5 rings (SSSR count). The Labute approximate surface area is 222 Å². The molecule has 1 saturated heterocycles. The number of aromatic nitrogens is 2. The van der Waals surface area contributed by atoms with E-state index in [9.17, 15) is 4.79 Å². The van der Waals surface area contributed by atoms with Gasteiger partial charge in [0.15, 0.2) is 0 Å². The Bertz CT molecular complexity index is 1310. The van der Waals surface area contributed by atoms with Gasteiger partial charge in [-0.15, -0.1) is 0 Å². The Morgan fingerprint density at radius 3 is 2.56 bits per heavy atom. The number of amides is 1. The highest BCUT2D eigenvalue weighted by atomic mass is 32.2. The molecule has 2 aliphatic rings. The fourth-order valence-corrected chi connectivity index (χ4v) is 6.33. The standard InChI is InChI=1S/C29H31N3O2S2/c1-19(2)34-24-14-15-25(20(3)16-24)27-21(18-31(30-27)22-10-6-4-7-11-22)17-26-28(33)32(29(35)36-26)23-12-8-5-9-13-23/h4,6-7,10-11,14-19,23H,5,8-9,12-13H2,1-3H3/b26-17-. The van der Waals surface area contributed by atoms with Crippen LogP contribution in [-0.2, 0) is 4.79 Å². The molecule has 0 radical (unpaired) electrons. The van der Waals surface area contributed by atoms with Crippen molar-refractivity contribution >= 4 is 40.3 Å². The average Bonchev–Trinajstić information content (AvgIpc) is 3.40. The largest absolute Gasteiger partial charge is 0.491 e. The highest BCUT2D eigenvalue weighted by molar-refractivity contribution is 8.26. The second kappa shape index (κ2) is 10.6. The maximum atomic E-state index is 13.5. The number of nitrogens with zero attached hydrogens (tertiary/aromatic N) is 3. The zero-order valence-corrected chi connectivity index (χ0v) is 22.6. The maximum Gasteiger partial charge on any atom is 0.266 e. The third kappa shape index (κ3) is 5.13. The molecule has 2 aromatic carbocycles. The minimum absolute atomic E-state index is 0.0210. The van der Waals surface area contributed by atoms with Crippen LogP contribution in [0, 0.1) is 6.92 Å². The van der Waals surface area contributed by atoms with Gasteiger partial charge < -0.3 is 4.74 Å². The minimum atomic E-state index is 0.0210. The summed E-state index contributed by atoms with van der Waals surface area (Å²) in [5.41, 5.74) is 4.76. The highest BCUT2D eigenvalue weighted by Gasteiger charge is 2.37. The predicted molar refractivity (Wildman–Crippen MR) is 151 cm³/mol. The summed E-state index contributed by atoms with van der Waals surface area (Å²) in [6.07, 6.45) is 9.67. The van der Waals surface area contributed by atoms with Crippen LogP contribution >= 0.6 is 24.0 Å². The number of ether oxygens (including phenoxy) is 1. The number of thioether (sulfide) groups is 1. The van der Waals surface area contributed by atoms with Crippen LogP contribution in [0.25, 0.3) is 23.0 Å². The molecule has 1 aliphatic carbocycles. The van der Waals surface area contributed by atoms with Gasteiger partial charge >= 0.3 is 0 Å². The van der Waals surface area contributed by atoms with Gasteiger partial charge in [0.1, 0.15) is 15.8 Å². The molecule has 0 bridgehead atoms. The highest BCUT2D eigenvalue weighted by Crippen LogP contribution is 2.39. The van der Waals surface area contributed by atoms with E-state index >= 15 is 0 Å². The maximum absolute atomic E-state index is 13.5. The van der Waals surface area contributed by atoms with Crippen molar-refractivity contribution in [3.8, 4) is 22.7 Å². The number of carbonyl (C=O) groups excluding carboxylic acids is 1. The third-order valence-electron chi connectivity index (χ3n) is 6.64.